The van der Waals surface area contributed by atoms with Gasteiger partial charge in [-0.25, -0.2) is 0 Å². The molecule has 3 rings (SSSR count). The number of anilines is 1. The molecule has 3 aromatic carbocycles. The second-order valence-electron chi connectivity index (χ2n) is 6.97. The van der Waals surface area contributed by atoms with E-state index >= 15 is 0 Å². The summed E-state index contributed by atoms with van der Waals surface area (Å²) in [5.74, 6) is 0.119. The summed E-state index contributed by atoms with van der Waals surface area (Å²) in [5.41, 5.74) is 4.36. The molecule has 6 heteroatoms. The van der Waals surface area contributed by atoms with E-state index in [1.54, 1.807) is 6.08 Å². The minimum atomic E-state index is -0.463. The van der Waals surface area contributed by atoms with Crippen molar-refractivity contribution in [1.29, 1.82) is 5.26 Å². The number of nitrogens with zero attached hydrogens (tertiary/aromatic N) is 1. The zero-order valence-corrected chi connectivity index (χ0v) is 20.2. The van der Waals surface area contributed by atoms with Crippen molar-refractivity contribution in [3.05, 3.63) is 97.4 Å². The summed E-state index contributed by atoms with van der Waals surface area (Å²) in [7, 11) is 0. The molecule has 0 aliphatic rings. The largest absolute Gasteiger partial charge is 0.488 e. The molecule has 31 heavy (non-hydrogen) atoms. The number of ether oxygens (including phenoxy) is 1. The van der Waals surface area contributed by atoms with Crippen molar-refractivity contribution >= 4 is 49.5 Å². The van der Waals surface area contributed by atoms with Gasteiger partial charge in [-0.2, -0.15) is 5.26 Å². The van der Waals surface area contributed by atoms with Gasteiger partial charge < -0.3 is 10.1 Å². The Balaban J connectivity index is 1.84. The first-order chi connectivity index (χ1) is 14.9. The molecular formula is C25H20Br2N2O2. The molecule has 0 fully saturated rings. The Hall–Kier alpha value is -2.88. The van der Waals surface area contributed by atoms with Gasteiger partial charge in [0, 0.05) is 20.2 Å². The third kappa shape index (κ3) is 6.06. The third-order valence-corrected chi connectivity index (χ3v) is 5.82. The van der Waals surface area contributed by atoms with Crippen LogP contribution in [0.25, 0.3) is 6.08 Å². The van der Waals surface area contributed by atoms with E-state index < -0.39 is 5.91 Å². The van der Waals surface area contributed by atoms with Crippen molar-refractivity contribution in [1.82, 2.24) is 0 Å². The number of nitrogens with one attached hydrogen (secondary N) is 1. The van der Waals surface area contributed by atoms with E-state index in [0.717, 1.165) is 25.6 Å². The van der Waals surface area contributed by atoms with Gasteiger partial charge in [0.15, 0.2) is 0 Å². The summed E-state index contributed by atoms with van der Waals surface area (Å²) in [6, 6.07) is 21.0. The lowest BCUT2D eigenvalue weighted by molar-refractivity contribution is -0.112. The van der Waals surface area contributed by atoms with E-state index in [4.69, 9.17) is 4.74 Å². The van der Waals surface area contributed by atoms with Crippen molar-refractivity contribution in [3.8, 4) is 11.8 Å². The summed E-state index contributed by atoms with van der Waals surface area (Å²) in [5, 5.41) is 12.5. The molecule has 0 spiro atoms. The Morgan fingerprint density at radius 3 is 2.48 bits per heavy atom. The number of rotatable bonds is 6. The molecule has 0 unspecified atom stereocenters. The molecule has 1 N–H and O–H groups in total. The van der Waals surface area contributed by atoms with Crippen LogP contribution in [0.4, 0.5) is 5.69 Å². The van der Waals surface area contributed by atoms with Crippen LogP contribution in [0.2, 0.25) is 0 Å². The minimum absolute atomic E-state index is 0.00695. The molecule has 0 aromatic heterocycles. The number of halogens is 2. The Morgan fingerprint density at radius 2 is 1.77 bits per heavy atom. The van der Waals surface area contributed by atoms with Crippen molar-refractivity contribution in [3.63, 3.8) is 0 Å². The minimum Gasteiger partial charge on any atom is -0.488 e. The van der Waals surface area contributed by atoms with E-state index in [9.17, 15) is 10.1 Å². The average molecular weight is 540 g/mol. The zero-order chi connectivity index (χ0) is 22.4. The Labute approximate surface area is 198 Å². The van der Waals surface area contributed by atoms with E-state index in [-0.39, 0.29) is 5.57 Å². The molecule has 4 nitrogen and oxygen atoms in total. The van der Waals surface area contributed by atoms with Gasteiger partial charge in [-0.15, -0.1) is 0 Å². The smallest absolute Gasteiger partial charge is 0.266 e. The highest BCUT2D eigenvalue weighted by atomic mass is 79.9. The predicted molar refractivity (Wildman–Crippen MR) is 131 cm³/mol. The fraction of sp³-hybridized carbons (Fsp3) is 0.120. The van der Waals surface area contributed by atoms with Gasteiger partial charge in [0.2, 0.25) is 0 Å². The number of carbonyl (C=O) groups excluding carboxylic acids is 1. The summed E-state index contributed by atoms with van der Waals surface area (Å²) >= 11 is 6.87. The molecule has 0 heterocycles. The quantitative estimate of drug-likeness (QED) is 0.272. The highest BCUT2D eigenvalue weighted by Gasteiger charge is 2.13. The normalized spacial score (nSPS) is 11.0. The Bertz CT molecular complexity index is 1180. The summed E-state index contributed by atoms with van der Waals surface area (Å²) in [6.45, 7) is 4.28. The van der Waals surface area contributed by atoms with Crippen molar-refractivity contribution in [2.24, 2.45) is 0 Å². The molecule has 3 aromatic rings. The monoisotopic (exact) mass is 538 g/mol. The number of benzene rings is 3. The van der Waals surface area contributed by atoms with Crippen LogP contribution in [0.5, 0.6) is 5.75 Å². The third-order valence-electron chi connectivity index (χ3n) is 4.80. The van der Waals surface area contributed by atoms with E-state index in [1.165, 1.54) is 0 Å². The maximum Gasteiger partial charge on any atom is 0.266 e. The van der Waals surface area contributed by atoms with Crippen LogP contribution in [0.1, 0.15) is 22.3 Å². The number of amides is 1. The number of aryl methyl sites for hydroxylation is 1. The summed E-state index contributed by atoms with van der Waals surface area (Å²) < 4.78 is 7.79. The van der Waals surface area contributed by atoms with Gasteiger partial charge in [0.05, 0.1) is 0 Å². The van der Waals surface area contributed by atoms with Crippen LogP contribution in [0, 0.1) is 25.2 Å². The molecule has 0 aliphatic heterocycles. The SMILES string of the molecule is Cc1cccc(NC(=O)/C(C#N)=C/c2cc(Br)ccc2OCc2ccc(Br)cc2)c1C. The van der Waals surface area contributed by atoms with Crippen molar-refractivity contribution in [2.75, 3.05) is 5.32 Å². The van der Waals surface area contributed by atoms with Crippen molar-refractivity contribution in [2.45, 2.75) is 20.5 Å². The second-order valence-corrected chi connectivity index (χ2v) is 8.80. The zero-order valence-electron chi connectivity index (χ0n) is 17.1. The van der Waals surface area contributed by atoms with Gasteiger partial charge >= 0.3 is 0 Å². The van der Waals surface area contributed by atoms with Gasteiger partial charge in [0.1, 0.15) is 24.0 Å². The lowest BCUT2D eigenvalue weighted by atomic mass is 10.1. The van der Waals surface area contributed by atoms with E-state index in [2.05, 4.69) is 37.2 Å². The Kier molecular flexibility index (Phi) is 7.67. The van der Waals surface area contributed by atoms with Crippen LogP contribution in [0.15, 0.2) is 75.2 Å². The van der Waals surface area contributed by atoms with Gasteiger partial charge in [-0.05, 0) is 73.0 Å². The highest BCUT2D eigenvalue weighted by molar-refractivity contribution is 9.10. The molecule has 0 bridgehead atoms. The first-order valence-corrected chi connectivity index (χ1v) is 11.1. The fourth-order valence-electron chi connectivity index (χ4n) is 2.89. The van der Waals surface area contributed by atoms with Crippen LogP contribution < -0.4 is 10.1 Å². The van der Waals surface area contributed by atoms with Crippen LogP contribution >= 0.6 is 31.9 Å². The standard InChI is InChI=1S/C25H20Br2N2O2/c1-16-4-3-5-23(17(16)2)29-25(30)20(14-28)12-19-13-22(27)10-11-24(19)31-15-18-6-8-21(26)9-7-18/h3-13H,15H2,1-2H3,(H,29,30)/b20-12+. The van der Waals surface area contributed by atoms with E-state index in [1.807, 2.05) is 80.6 Å². The number of carbonyl (C=O) groups is 1. The first-order valence-electron chi connectivity index (χ1n) is 9.53. The molecule has 0 atom stereocenters. The lowest BCUT2D eigenvalue weighted by Crippen LogP contribution is -2.14. The summed E-state index contributed by atoms with van der Waals surface area (Å²) in [6.07, 6.45) is 1.54. The maximum absolute atomic E-state index is 12.8. The fourth-order valence-corrected chi connectivity index (χ4v) is 3.53. The molecule has 0 saturated carbocycles. The van der Waals surface area contributed by atoms with Crippen LogP contribution in [-0.4, -0.2) is 5.91 Å². The Morgan fingerprint density at radius 1 is 1.06 bits per heavy atom. The second kappa shape index (κ2) is 10.4. The van der Waals surface area contributed by atoms with Crippen molar-refractivity contribution < 1.29 is 9.53 Å². The van der Waals surface area contributed by atoms with Gasteiger partial charge in [-0.3, -0.25) is 4.79 Å². The van der Waals surface area contributed by atoms with Gasteiger partial charge in [-0.1, -0.05) is 56.1 Å². The molecule has 0 aliphatic carbocycles. The average Bonchev–Trinajstić information content (AvgIpc) is 2.75. The molecular weight excluding hydrogens is 520 g/mol. The molecule has 0 saturated heterocycles. The number of hydrogen-bond acceptors (Lipinski definition) is 3. The molecule has 1 amide bonds. The summed E-state index contributed by atoms with van der Waals surface area (Å²) in [4.78, 5) is 12.8. The number of hydrogen-bond donors (Lipinski definition) is 1. The van der Waals surface area contributed by atoms with Gasteiger partial charge in [0.25, 0.3) is 5.91 Å². The lowest BCUT2D eigenvalue weighted by Gasteiger charge is -2.12. The topological polar surface area (TPSA) is 62.1 Å². The molecule has 0 radical (unpaired) electrons. The van der Waals surface area contributed by atoms with Crippen LogP contribution in [0.3, 0.4) is 0 Å². The highest BCUT2D eigenvalue weighted by Crippen LogP contribution is 2.27. The predicted octanol–water partition coefficient (Wildman–Crippen LogP) is 6.95. The maximum atomic E-state index is 12.8. The van der Waals surface area contributed by atoms with E-state index in [0.29, 0.717) is 23.6 Å². The van der Waals surface area contributed by atoms with Crippen LogP contribution in [-0.2, 0) is 11.4 Å². The number of nitriles is 1. The first kappa shape index (κ1) is 22.8. The molecule has 156 valence electrons.